The van der Waals surface area contributed by atoms with Crippen LogP contribution in [0.15, 0.2) is 12.3 Å². The predicted octanol–water partition coefficient (Wildman–Crippen LogP) is 1.00. The zero-order valence-corrected chi connectivity index (χ0v) is 7.95. The Morgan fingerprint density at radius 1 is 1.62 bits per heavy atom. The second-order valence-corrected chi connectivity index (χ2v) is 3.27. The Kier molecular flexibility index (Phi) is 1.97. The molecule has 5 nitrogen and oxygen atoms in total. The van der Waals surface area contributed by atoms with Gasteiger partial charge in [0.15, 0.2) is 11.0 Å². The minimum absolute atomic E-state index is 0.485. The van der Waals surface area contributed by atoms with Crippen LogP contribution in [0.2, 0.25) is 0 Å². The lowest BCUT2D eigenvalue weighted by atomic mass is 10.4. The number of aromatic nitrogens is 4. The van der Waals surface area contributed by atoms with Crippen molar-refractivity contribution in [1.82, 2.24) is 19.1 Å². The molecule has 6 heteroatoms. The maximum absolute atomic E-state index is 5.49. The van der Waals surface area contributed by atoms with Gasteiger partial charge in [0, 0.05) is 24.3 Å². The van der Waals surface area contributed by atoms with E-state index < -0.39 is 0 Å². The van der Waals surface area contributed by atoms with Crippen molar-refractivity contribution >= 4 is 16.7 Å². The minimum Gasteiger partial charge on any atom is -0.374 e. The highest BCUT2D eigenvalue weighted by molar-refractivity contribution is 7.09. The highest BCUT2D eigenvalue weighted by atomic mass is 32.1. The summed E-state index contributed by atoms with van der Waals surface area (Å²) in [5, 5.41) is 4.61. The molecule has 0 amide bonds. The molecule has 0 aromatic carbocycles. The molecule has 2 aromatic rings. The van der Waals surface area contributed by atoms with Crippen LogP contribution in [-0.2, 0) is 6.54 Å². The standard InChI is InChI=1S/C7H9N5S/c1-2-12-5(3-4-9-12)6-10-7(8)13-11-6/h3-4H,2H2,1H3,(H2,8,10,11). The van der Waals surface area contributed by atoms with Crippen LogP contribution < -0.4 is 5.73 Å². The van der Waals surface area contributed by atoms with Gasteiger partial charge in [0.25, 0.3) is 0 Å². The summed E-state index contributed by atoms with van der Waals surface area (Å²) >= 11 is 1.20. The molecule has 0 bridgehead atoms. The first kappa shape index (κ1) is 8.18. The molecule has 13 heavy (non-hydrogen) atoms. The van der Waals surface area contributed by atoms with Crippen molar-refractivity contribution in [2.45, 2.75) is 13.5 Å². The Hall–Kier alpha value is -1.43. The van der Waals surface area contributed by atoms with E-state index in [0.717, 1.165) is 12.2 Å². The molecule has 0 aliphatic rings. The lowest BCUT2D eigenvalue weighted by Crippen LogP contribution is -1.99. The van der Waals surface area contributed by atoms with Crippen LogP contribution in [-0.4, -0.2) is 19.1 Å². The van der Waals surface area contributed by atoms with E-state index in [0.29, 0.717) is 11.0 Å². The van der Waals surface area contributed by atoms with Gasteiger partial charge in [-0.3, -0.25) is 4.68 Å². The number of nitrogens with two attached hydrogens (primary N) is 1. The van der Waals surface area contributed by atoms with E-state index in [2.05, 4.69) is 14.5 Å². The normalized spacial score (nSPS) is 10.5. The molecule has 2 N–H and O–H groups in total. The van der Waals surface area contributed by atoms with Gasteiger partial charge in [-0.05, 0) is 13.0 Å². The number of hydrogen-bond donors (Lipinski definition) is 1. The Balaban J connectivity index is 2.45. The van der Waals surface area contributed by atoms with E-state index in [1.807, 2.05) is 17.7 Å². The van der Waals surface area contributed by atoms with Crippen molar-refractivity contribution in [1.29, 1.82) is 0 Å². The fourth-order valence-electron chi connectivity index (χ4n) is 1.11. The van der Waals surface area contributed by atoms with E-state index in [4.69, 9.17) is 5.73 Å². The summed E-state index contributed by atoms with van der Waals surface area (Å²) in [6.07, 6.45) is 1.73. The molecule has 0 atom stereocenters. The first-order valence-electron chi connectivity index (χ1n) is 3.92. The molecule has 2 aromatic heterocycles. The van der Waals surface area contributed by atoms with Gasteiger partial charge in [-0.15, -0.1) is 0 Å². The summed E-state index contributed by atoms with van der Waals surface area (Å²) in [5.41, 5.74) is 6.40. The highest BCUT2D eigenvalue weighted by Crippen LogP contribution is 2.18. The van der Waals surface area contributed by atoms with E-state index in [9.17, 15) is 0 Å². The fourth-order valence-corrected chi connectivity index (χ4v) is 1.56. The molecular weight excluding hydrogens is 186 g/mol. The summed E-state index contributed by atoms with van der Waals surface area (Å²) in [5.74, 6) is 0.654. The van der Waals surface area contributed by atoms with E-state index >= 15 is 0 Å². The van der Waals surface area contributed by atoms with Gasteiger partial charge in [-0.25, -0.2) is 0 Å². The molecule has 0 spiro atoms. The largest absolute Gasteiger partial charge is 0.374 e. The zero-order chi connectivity index (χ0) is 9.26. The van der Waals surface area contributed by atoms with Gasteiger partial charge in [0.1, 0.15) is 5.69 Å². The maximum Gasteiger partial charge on any atom is 0.200 e. The Morgan fingerprint density at radius 3 is 3.08 bits per heavy atom. The van der Waals surface area contributed by atoms with Crippen molar-refractivity contribution < 1.29 is 0 Å². The number of hydrogen-bond acceptors (Lipinski definition) is 5. The van der Waals surface area contributed by atoms with Gasteiger partial charge in [-0.2, -0.15) is 14.5 Å². The quantitative estimate of drug-likeness (QED) is 0.776. The van der Waals surface area contributed by atoms with E-state index in [-0.39, 0.29) is 0 Å². The van der Waals surface area contributed by atoms with Crippen molar-refractivity contribution in [3.05, 3.63) is 12.3 Å². The summed E-state index contributed by atoms with van der Waals surface area (Å²) in [6, 6.07) is 1.88. The lowest BCUT2D eigenvalue weighted by Gasteiger charge is -1.98. The minimum atomic E-state index is 0.485. The summed E-state index contributed by atoms with van der Waals surface area (Å²) in [6.45, 7) is 2.83. The van der Waals surface area contributed by atoms with Crippen molar-refractivity contribution in [3.63, 3.8) is 0 Å². The molecule has 2 rings (SSSR count). The average Bonchev–Trinajstić information content (AvgIpc) is 2.71. The summed E-state index contributed by atoms with van der Waals surface area (Å²) in [7, 11) is 0. The van der Waals surface area contributed by atoms with Gasteiger partial charge < -0.3 is 5.73 Å². The molecule has 0 aliphatic heterocycles. The molecule has 0 unspecified atom stereocenters. The summed E-state index contributed by atoms with van der Waals surface area (Å²) < 4.78 is 5.95. The van der Waals surface area contributed by atoms with Crippen LogP contribution in [0.1, 0.15) is 6.92 Å². The third kappa shape index (κ3) is 1.40. The third-order valence-electron chi connectivity index (χ3n) is 1.69. The molecule has 0 saturated carbocycles. The number of nitrogens with zero attached hydrogens (tertiary/aromatic N) is 4. The molecule has 0 radical (unpaired) electrons. The average molecular weight is 195 g/mol. The second-order valence-electron chi connectivity index (χ2n) is 2.49. The Bertz CT molecular complexity index is 404. The Labute approximate surface area is 79.4 Å². The molecule has 68 valence electrons. The third-order valence-corrected chi connectivity index (χ3v) is 2.23. The SMILES string of the molecule is CCn1nccc1-c1nsc(N)n1. The topological polar surface area (TPSA) is 69.6 Å². The van der Waals surface area contributed by atoms with Gasteiger partial charge >= 0.3 is 0 Å². The van der Waals surface area contributed by atoms with Crippen molar-refractivity contribution in [3.8, 4) is 11.5 Å². The van der Waals surface area contributed by atoms with Crippen LogP contribution in [0, 0.1) is 0 Å². The molecule has 0 saturated heterocycles. The highest BCUT2D eigenvalue weighted by Gasteiger charge is 2.08. The monoisotopic (exact) mass is 195 g/mol. The molecule has 2 heterocycles. The number of nitrogen functional groups attached to an aromatic ring is 1. The van der Waals surface area contributed by atoms with E-state index in [1.54, 1.807) is 6.20 Å². The second kappa shape index (κ2) is 3.14. The lowest BCUT2D eigenvalue weighted by molar-refractivity contribution is 0.664. The Morgan fingerprint density at radius 2 is 2.46 bits per heavy atom. The van der Waals surface area contributed by atoms with Crippen LogP contribution in [0.4, 0.5) is 5.13 Å². The first-order valence-corrected chi connectivity index (χ1v) is 4.70. The fraction of sp³-hybridized carbons (Fsp3) is 0.286. The van der Waals surface area contributed by atoms with Crippen molar-refractivity contribution in [2.75, 3.05) is 5.73 Å². The van der Waals surface area contributed by atoms with Crippen LogP contribution >= 0.6 is 11.5 Å². The first-order chi connectivity index (χ1) is 6.31. The zero-order valence-electron chi connectivity index (χ0n) is 7.14. The number of aryl methyl sites for hydroxylation is 1. The molecule has 0 aliphatic carbocycles. The summed E-state index contributed by atoms with van der Waals surface area (Å²) in [4.78, 5) is 4.09. The van der Waals surface area contributed by atoms with Crippen LogP contribution in [0.3, 0.4) is 0 Å². The van der Waals surface area contributed by atoms with Gasteiger partial charge in [0.2, 0.25) is 0 Å². The smallest absolute Gasteiger partial charge is 0.200 e. The van der Waals surface area contributed by atoms with Gasteiger partial charge in [0.05, 0.1) is 0 Å². The number of rotatable bonds is 2. The van der Waals surface area contributed by atoms with Crippen LogP contribution in [0.5, 0.6) is 0 Å². The maximum atomic E-state index is 5.49. The van der Waals surface area contributed by atoms with E-state index in [1.165, 1.54) is 11.5 Å². The molecular formula is C7H9N5S. The van der Waals surface area contributed by atoms with Crippen molar-refractivity contribution in [2.24, 2.45) is 0 Å². The van der Waals surface area contributed by atoms with Gasteiger partial charge in [-0.1, -0.05) is 0 Å². The predicted molar refractivity (Wildman–Crippen MR) is 51.2 cm³/mol. The molecule has 0 fully saturated rings. The van der Waals surface area contributed by atoms with Crippen LogP contribution in [0.25, 0.3) is 11.5 Å². The number of anilines is 1.